The highest BCUT2D eigenvalue weighted by Crippen LogP contribution is 2.31. The van der Waals surface area contributed by atoms with Gasteiger partial charge in [-0.05, 0) is 35.9 Å². The molecule has 0 aliphatic rings. The number of pyridine rings is 1. The van der Waals surface area contributed by atoms with Crippen LogP contribution in [0.15, 0.2) is 42.7 Å². The van der Waals surface area contributed by atoms with E-state index in [4.69, 9.17) is 0 Å². The molecule has 0 spiro atoms. The third-order valence-electron chi connectivity index (χ3n) is 2.53. The van der Waals surface area contributed by atoms with Gasteiger partial charge in [0.25, 0.3) is 0 Å². The van der Waals surface area contributed by atoms with Crippen LogP contribution in [0.25, 0.3) is 0 Å². The van der Waals surface area contributed by atoms with Gasteiger partial charge in [-0.15, -0.1) is 0 Å². The Morgan fingerprint density at radius 3 is 2.37 bits per heavy atom. The van der Waals surface area contributed by atoms with E-state index < -0.39 is 17.6 Å². The number of rotatable bonds is 3. The summed E-state index contributed by atoms with van der Waals surface area (Å²) in [6.07, 6.45) is -1.38. The largest absolute Gasteiger partial charge is 0.416 e. The van der Waals surface area contributed by atoms with Gasteiger partial charge in [-0.2, -0.15) is 13.2 Å². The van der Waals surface area contributed by atoms with Crippen molar-refractivity contribution >= 4 is 5.69 Å². The van der Waals surface area contributed by atoms with Crippen molar-refractivity contribution in [2.75, 3.05) is 5.32 Å². The Labute approximate surface area is 107 Å². The molecular weight excluding hydrogens is 260 g/mol. The molecule has 2 aromatic rings. The molecule has 1 aromatic carbocycles. The summed E-state index contributed by atoms with van der Waals surface area (Å²) in [5.41, 5.74) is -0.260. The number of aromatic nitrogens is 1. The van der Waals surface area contributed by atoms with Gasteiger partial charge in [-0.3, -0.25) is 4.98 Å². The van der Waals surface area contributed by atoms with E-state index in [2.05, 4.69) is 10.3 Å². The lowest BCUT2D eigenvalue weighted by Crippen LogP contribution is -2.08. The van der Waals surface area contributed by atoms with Crippen LogP contribution in [0, 0.1) is 5.82 Å². The van der Waals surface area contributed by atoms with Crippen LogP contribution in [-0.2, 0) is 12.7 Å². The fourth-order valence-corrected chi connectivity index (χ4v) is 1.53. The van der Waals surface area contributed by atoms with Gasteiger partial charge in [0.1, 0.15) is 5.82 Å². The molecule has 100 valence electrons. The van der Waals surface area contributed by atoms with Gasteiger partial charge in [0.05, 0.1) is 11.3 Å². The summed E-state index contributed by atoms with van der Waals surface area (Å²) in [6.45, 7) is 0.223. The Kier molecular flexibility index (Phi) is 3.69. The number of hydrogen-bond acceptors (Lipinski definition) is 2. The average Bonchev–Trinajstić information content (AvgIpc) is 2.37. The maximum Gasteiger partial charge on any atom is 0.416 e. The molecule has 2 rings (SSSR count). The second-order valence-electron chi connectivity index (χ2n) is 3.90. The number of hydrogen-bond donors (Lipinski definition) is 1. The molecule has 0 amide bonds. The maximum absolute atomic E-state index is 13.4. The Balaban J connectivity index is 2.16. The standard InChI is InChI=1S/C13H10F4N2/c14-11-2-1-10(13(15,16)17)7-12(11)19-8-9-3-5-18-6-4-9/h1-7,19H,8H2. The van der Waals surface area contributed by atoms with E-state index in [0.717, 1.165) is 17.7 Å². The van der Waals surface area contributed by atoms with Crippen LogP contribution in [0.2, 0.25) is 0 Å². The van der Waals surface area contributed by atoms with Crippen molar-refractivity contribution in [1.82, 2.24) is 4.98 Å². The molecule has 1 N–H and O–H groups in total. The fourth-order valence-electron chi connectivity index (χ4n) is 1.53. The van der Waals surface area contributed by atoms with Crippen LogP contribution >= 0.6 is 0 Å². The zero-order valence-corrected chi connectivity index (χ0v) is 9.71. The molecule has 0 aliphatic carbocycles. The lowest BCUT2D eigenvalue weighted by Gasteiger charge is -2.11. The monoisotopic (exact) mass is 270 g/mol. The van der Waals surface area contributed by atoms with E-state index in [1.807, 2.05) is 0 Å². The first-order chi connectivity index (χ1) is 8.97. The first-order valence-electron chi connectivity index (χ1n) is 5.46. The molecule has 0 saturated heterocycles. The van der Waals surface area contributed by atoms with E-state index in [-0.39, 0.29) is 12.2 Å². The molecule has 19 heavy (non-hydrogen) atoms. The minimum absolute atomic E-state index is 0.174. The molecule has 0 bridgehead atoms. The van der Waals surface area contributed by atoms with E-state index in [1.165, 1.54) is 0 Å². The minimum Gasteiger partial charge on any atom is -0.379 e. The number of benzene rings is 1. The van der Waals surface area contributed by atoms with Crippen LogP contribution < -0.4 is 5.32 Å². The van der Waals surface area contributed by atoms with Crippen LogP contribution in [0.4, 0.5) is 23.2 Å². The summed E-state index contributed by atoms with van der Waals surface area (Å²) in [4.78, 5) is 3.81. The average molecular weight is 270 g/mol. The number of nitrogens with one attached hydrogen (secondary N) is 1. The lowest BCUT2D eigenvalue weighted by molar-refractivity contribution is -0.137. The van der Waals surface area contributed by atoms with Gasteiger partial charge in [-0.1, -0.05) is 0 Å². The first kappa shape index (κ1) is 13.3. The molecule has 6 heteroatoms. The van der Waals surface area contributed by atoms with Crippen molar-refractivity contribution < 1.29 is 17.6 Å². The minimum atomic E-state index is -4.49. The predicted molar refractivity (Wildman–Crippen MR) is 63.0 cm³/mol. The number of halogens is 4. The predicted octanol–water partition coefficient (Wildman–Crippen LogP) is 3.85. The Hall–Kier alpha value is -2.11. The van der Waals surface area contributed by atoms with Gasteiger partial charge in [0.15, 0.2) is 0 Å². The maximum atomic E-state index is 13.4. The van der Waals surface area contributed by atoms with E-state index in [0.29, 0.717) is 6.07 Å². The van der Waals surface area contributed by atoms with Crippen molar-refractivity contribution in [2.24, 2.45) is 0 Å². The summed E-state index contributed by atoms with van der Waals surface area (Å²) >= 11 is 0. The first-order valence-corrected chi connectivity index (χ1v) is 5.46. The van der Waals surface area contributed by atoms with Crippen molar-refractivity contribution in [1.29, 1.82) is 0 Å². The third-order valence-corrected chi connectivity index (χ3v) is 2.53. The second-order valence-corrected chi connectivity index (χ2v) is 3.90. The summed E-state index contributed by atoms with van der Waals surface area (Å²) in [6, 6.07) is 5.66. The molecule has 0 atom stereocenters. The Morgan fingerprint density at radius 2 is 1.74 bits per heavy atom. The summed E-state index contributed by atoms with van der Waals surface area (Å²) < 4.78 is 50.9. The van der Waals surface area contributed by atoms with Gasteiger partial charge in [0, 0.05) is 18.9 Å². The van der Waals surface area contributed by atoms with Crippen molar-refractivity contribution in [3.8, 4) is 0 Å². The van der Waals surface area contributed by atoms with Crippen LogP contribution in [0.5, 0.6) is 0 Å². The smallest absolute Gasteiger partial charge is 0.379 e. The number of nitrogens with zero attached hydrogens (tertiary/aromatic N) is 1. The van der Waals surface area contributed by atoms with Crippen LogP contribution in [-0.4, -0.2) is 4.98 Å². The molecule has 0 fully saturated rings. The third kappa shape index (κ3) is 3.43. The second kappa shape index (κ2) is 5.26. The molecule has 1 aromatic heterocycles. The molecule has 0 saturated carbocycles. The SMILES string of the molecule is Fc1ccc(C(F)(F)F)cc1NCc1ccncc1. The fraction of sp³-hybridized carbons (Fsp3) is 0.154. The van der Waals surface area contributed by atoms with Gasteiger partial charge in [-0.25, -0.2) is 4.39 Å². The summed E-state index contributed by atoms with van der Waals surface area (Å²) in [5, 5.41) is 2.64. The summed E-state index contributed by atoms with van der Waals surface area (Å²) in [7, 11) is 0. The zero-order chi connectivity index (χ0) is 13.9. The van der Waals surface area contributed by atoms with Crippen LogP contribution in [0.1, 0.15) is 11.1 Å². The molecule has 0 unspecified atom stereocenters. The molecule has 1 heterocycles. The Bertz CT molecular complexity index is 552. The van der Waals surface area contributed by atoms with Crippen molar-refractivity contribution in [2.45, 2.75) is 12.7 Å². The molecule has 0 radical (unpaired) electrons. The normalized spacial score (nSPS) is 11.4. The van der Waals surface area contributed by atoms with E-state index >= 15 is 0 Å². The highest BCUT2D eigenvalue weighted by atomic mass is 19.4. The molecular formula is C13H10F4N2. The van der Waals surface area contributed by atoms with Gasteiger partial charge in [0.2, 0.25) is 0 Å². The van der Waals surface area contributed by atoms with E-state index in [9.17, 15) is 17.6 Å². The van der Waals surface area contributed by atoms with Crippen molar-refractivity contribution in [3.63, 3.8) is 0 Å². The van der Waals surface area contributed by atoms with E-state index in [1.54, 1.807) is 24.5 Å². The lowest BCUT2D eigenvalue weighted by atomic mass is 10.1. The highest BCUT2D eigenvalue weighted by Gasteiger charge is 2.31. The topological polar surface area (TPSA) is 24.9 Å². The highest BCUT2D eigenvalue weighted by molar-refractivity contribution is 5.48. The zero-order valence-electron chi connectivity index (χ0n) is 9.71. The number of alkyl halides is 3. The van der Waals surface area contributed by atoms with Crippen LogP contribution in [0.3, 0.4) is 0 Å². The Morgan fingerprint density at radius 1 is 1.05 bits per heavy atom. The molecule has 0 aliphatic heterocycles. The molecule has 2 nitrogen and oxygen atoms in total. The van der Waals surface area contributed by atoms with Crippen molar-refractivity contribution in [3.05, 3.63) is 59.7 Å². The quantitative estimate of drug-likeness (QED) is 0.857. The number of anilines is 1. The summed E-state index contributed by atoms with van der Waals surface area (Å²) in [5.74, 6) is -0.720. The van der Waals surface area contributed by atoms with Gasteiger partial charge >= 0.3 is 6.18 Å². The van der Waals surface area contributed by atoms with Gasteiger partial charge < -0.3 is 5.32 Å².